The molecule has 2 aromatic rings. The van der Waals surface area contributed by atoms with Gasteiger partial charge in [-0.15, -0.1) is 0 Å². The standard InChI is InChI=1S/C29H46NO2/c1-8-30(6,7)29(23-25(4)5,28-17-13-12-14-26(28)22-24(2)3)18-19-31-20-21-32-27-15-10-9-11-16-27/h9-17,24-25H,8,18-23H2,1-7H3/q+1. The van der Waals surface area contributed by atoms with Crippen LogP contribution in [0.4, 0.5) is 0 Å². The molecule has 0 fully saturated rings. The zero-order valence-electron chi connectivity index (χ0n) is 21.6. The molecule has 178 valence electrons. The van der Waals surface area contributed by atoms with Crippen molar-refractivity contribution in [1.82, 2.24) is 0 Å². The largest absolute Gasteiger partial charge is 0.491 e. The van der Waals surface area contributed by atoms with Gasteiger partial charge in [0.1, 0.15) is 17.9 Å². The summed E-state index contributed by atoms with van der Waals surface area (Å²) in [5.74, 6) is 2.14. The lowest BCUT2D eigenvalue weighted by Gasteiger charge is -2.50. The van der Waals surface area contributed by atoms with E-state index in [1.165, 1.54) is 11.1 Å². The van der Waals surface area contributed by atoms with Crippen LogP contribution in [0.3, 0.4) is 0 Å². The first kappa shape index (κ1) is 26.4. The minimum Gasteiger partial charge on any atom is -0.491 e. The van der Waals surface area contributed by atoms with Gasteiger partial charge in [-0.1, -0.05) is 70.2 Å². The van der Waals surface area contributed by atoms with E-state index in [0.717, 1.165) is 42.6 Å². The Morgan fingerprint density at radius 2 is 1.47 bits per heavy atom. The molecule has 2 rings (SSSR count). The van der Waals surface area contributed by atoms with E-state index in [2.05, 4.69) is 73.0 Å². The lowest BCUT2D eigenvalue weighted by Crippen LogP contribution is -2.58. The number of para-hydroxylation sites is 1. The second-order valence-electron chi connectivity index (χ2n) is 10.4. The molecule has 0 radical (unpaired) electrons. The molecule has 0 aromatic heterocycles. The van der Waals surface area contributed by atoms with Crippen molar-refractivity contribution in [3.8, 4) is 5.75 Å². The fourth-order valence-electron chi connectivity index (χ4n) is 4.87. The van der Waals surface area contributed by atoms with E-state index in [0.29, 0.717) is 25.0 Å². The van der Waals surface area contributed by atoms with Crippen molar-refractivity contribution in [2.24, 2.45) is 11.8 Å². The highest BCUT2D eigenvalue weighted by molar-refractivity contribution is 5.33. The van der Waals surface area contributed by atoms with Crippen LogP contribution in [0, 0.1) is 11.8 Å². The van der Waals surface area contributed by atoms with Crippen LogP contribution in [0.1, 0.15) is 58.6 Å². The van der Waals surface area contributed by atoms with Crippen molar-refractivity contribution < 1.29 is 14.0 Å². The summed E-state index contributed by atoms with van der Waals surface area (Å²) in [6.45, 7) is 14.7. The third kappa shape index (κ3) is 7.08. The average Bonchev–Trinajstić information content (AvgIpc) is 2.75. The predicted octanol–water partition coefficient (Wildman–Crippen LogP) is 6.71. The molecule has 1 atom stereocenters. The van der Waals surface area contributed by atoms with Gasteiger partial charge >= 0.3 is 0 Å². The van der Waals surface area contributed by atoms with Crippen LogP contribution in [0.5, 0.6) is 5.75 Å². The Bertz CT molecular complexity index is 785. The molecule has 1 unspecified atom stereocenters. The second-order valence-corrected chi connectivity index (χ2v) is 10.4. The number of ether oxygens (including phenoxy) is 2. The average molecular weight is 441 g/mol. The third-order valence-electron chi connectivity index (χ3n) is 6.74. The molecule has 0 amide bonds. The van der Waals surface area contributed by atoms with Crippen LogP contribution in [-0.2, 0) is 16.7 Å². The highest BCUT2D eigenvalue weighted by Gasteiger charge is 2.47. The zero-order valence-corrected chi connectivity index (χ0v) is 21.6. The summed E-state index contributed by atoms with van der Waals surface area (Å²) in [6.07, 6.45) is 3.27. The zero-order chi connectivity index (χ0) is 23.6. The number of benzene rings is 2. The van der Waals surface area contributed by atoms with Gasteiger partial charge in [0.05, 0.1) is 33.9 Å². The summed E-state index contributed by atoms with van der Waals surface area (Å²) in [5.41, 5.74) is 3.03. The lowest BCUT2D eigenvalue weighted by atomic mass is 9.74. The summed E-state index contributed by atoms with van der Waals surface area (Å²) < 4.78 is 12.9. The Morgan fingerprint density at radius 3 is 2.09 bits per heavy atom. The summed E-state index contributed by atoms with van der Waals surface area (Å²) in [5, 5.41) is 0. The SMILES string of the molecule is CC[N+](C)(C)C(CCOCCOc1ccccc1)(CC(C)C)c1ccccc1CC(C)C. The monoisotopic (exact) mass is 440 g/mol. The van der Waals surface area contributed by atoms with Gasteiger partial charge in [-0.3, -0.25) is 0 Å². The van der Waals surface area contributed by atoms with E-state index in [4.69, 9.17) is 9.47 Å². The van der Waals surface area contributed by atoms with E-state index in [1.54, 1.807) is 0 Å². The van der Waals surface area contributed by atoms with Crippen molar-refractivity contribution in [3.63, 3.8) is 0 Å². The summed E-state index contributed by atoms with van der Waals surface area (Å²) in [6, 6.07) is 19.1. The molecule has 2 aromatic carbocycles. The molecule has 0 aliphatic heterocycles. The van der Waals surface area contributed by atoms with Crippen molar-refractivity contribution in [1.29, 1.82) is 0 Å². The maximum atomic E-state index is 6.14. The van der Waals surface area contributed by atoms with Gasteiger partial charge < -0.3 is 14.0 Å². The van der Waals surface area contributed by atoms with Gasteiger partial charge in [0.25, 0.3) is 0 Å². The Labute approximate surface area is 197 Å². The van der Waals surface area contributed by atoms with Crippen LogP contribution in [0.25, 0.3) is 0 Å². The van der Waals surface area contributed by atoms with Crippen LogP contribution in [0.2, 0.25) is 0 Å². The van der Waals surface area contributed by atoms with Crippen molar-refractivity contribution in [2.75, 3.05) is 40.5 Å². The number of rotatable bonds is 14. The van der Waals surface area contributed by atoms with E-state index in [9.17, 15) is 0 Å². The first-order valence-electron chi connectivity index (χ1n) is 12.4. The summed E-state index contributed by atoms with van der Waals surface area (Å²) in [7, 11) is 4.79. The van der Waals surface area contributed by atoms with Crippen LogP contribution >= 0.6 is 0 Å². The lowest BCUT2D eigenvalue weighted by molar-refractivity contribution is -0.950. The van der Waals surface area contributed by atoms with Crippen LogP contribution in [0.15, 0.2) is 54.6 Å². The predicted molar refractivity (Wildman–Crippen MR) is 136 cm³/mol. The Kier molecular flexibility index (Phi) is 10.2. The summed E-state index contributed by atoms with van der Waals surface area (Å²) >= 11 is 0. The van der Waals surface area contributed by atoms with E-state index >= 15 is 0 Å². The molecular formula is C29H46NO2+. The van der Waals surface area contributed by atoms with Gasteiger partial charge in [0.2, 0.25) is 0 Å². The molecule has 0 aliphatic carbocycles. The van der Waals surface area contributed by atoms with Gasteiger partial charge in [-0.25, -0.2) is 0 Å². The van der Waals surface area contributed by atoms with Gasteiger partial charge in [0, 0.05) is 18.4 Å². The molecule has 32 heavy (non-hydrogen) atoms. The molecule has 0 spiro atoms. The molecule has 0 aliphatic rings. The molecule has 0 saturated heterocycles. The number of quaternary nitrogens is 1. The van der Waals surface area contributed by atoms with Crippen LogP contribution in [-0.4, -0.2) is 44.9 Å². The first-order valence-corrected chi connectivity index (χ1v) is 12.4. The fourth-order valence-corrected chi connectivity index (χ4v) is 4.87. The molecule has 0 saturated carbocycles. The first-order chi connectivity index (χ1) is 15.2. The van der Waals surface area contributed by atoms with Crippen molar-refractivity contribution >= 4 is 0 Å². The topological polar surface area (TPSA) is 18.5 Å². The maximum absolute atomic E-state index is 6.14. The smallest absolute Gasteiger partial charge is 0.127 e. The van der Waals surface area contributed by atoms with Crippen LogP contribution < -0.4 is 4.74 Å². The molecule has 3 nitrogen and oxygen atoms in total. The second kappa shape index (κ2) is 12.4. The van der Waals surface area contributed by atoms with Gasteiger partial charge in [-0.05, 0) is 42.9 Å². The molecule has 0 bridgehead atoms. The highest BCUT2D eigenvalue weighted by Crippen LogP contribution is 2.43. The summed E-state index contributed by atoms with van der Waals surface area (Å²) in [4.78, 5) is 0. The Hall–Kier alpha value is -1.84. The molecule has 3 heteroatoms. The number of hydrogen-bond donors (Lipinski definition) is 0. The molecule has 0 heterocycles. The number of hydrogen-bond acceptors (Lipinski definition) is 2. The molecule has 0 N–H and O–H groups in total. The van der Waals surface area contributed by atoms with E-state index in [1.807, 2.05) is 30.3 Å². The number of nitrogens with zero attached hydrogens (tertiary/aromatic N) is 1. The van der Waals surface area contributed by atoms with Gasteiger partial charge in [0.15, 0.2) is 0 Å². The maximum Gasteiger partial charge on any atom is 0.127 e. The van der Waals surface area contributed by atoms with Crippen molar-refractivity contribution in [3.05, 3.63) is 65.7 Å². The fraction of sp³-hybridized carbons (Fsp3) is 0.586. The van der Waals surface area contributed by atoms with Gasteiger partial charge in [-0.2, -0.15) is 0 Å². The quantitative estimate of drug-likeness (QED) is 0.240. The Morgan fingerprint density at radius 1 is 0.812 bits per heavy atom. The normalized spacial score (nSPS) is 14.0. The van der Waals surface area contributed by atoms with E-state index < -0.39 is 0 Å². The molecular weight excluding hydrogens is 394 g/mol. The third-order valence-corrected chi connectivity index (χ3v) is 6.74. The minimum atomic E-state index is 0.0225. The highest BCUT2D eigenvalue weighted by atomic mass is 16.5. The minimum absolute atomic E-state index is 0.0225. The van der Waals surface area contributed by atoms with Crippen molar-refractivity contribution in [2.45, 2.75) is 59.4 Å². The Balaban J connectivity index is 2.21. The van der Waals surface area contributed by atoms with E-state index in [-0.39, 0.29) is 5.54 Å².